The zero-order valence-electron chi connectivity index (χ0n) is 16.7. The number of fused-ring (bicyclic) bond motifs is 1. The number of nitrogens with zero attached hydrogens (tertiary/aromatic N) is 1. The molecule has 1 aliphatic rings. The fourth-order valence-electron chi connectivity index (χ4n) is 3.15. The number of hydrogen-bond donors (Lipinski definition) is 4. The summed E-state index contributed by atoms with van der Waals surface area (Å²) in [6.07, 6.45) is 2.82. The Morgan fingerprint density at radius 2 is 1.91 bits per heavy atom. The summed E-state index contributed by atoms with van der Waals surface area (Å²) in [5.74, 6) is -1.62. The third-order valence-electron chi connectivity index (χ3n) is 4.78. The number of nitrogens with two attached hydrogens (primary N) is 1. The number of halogens is 1. The molecule has 5 N–H and O–H groups in total. The van der Waals surface area contributed by atoms with Crippen LogP contribution in [0.2, 0.25) is 0 Å². The molecule has 9 heteroatoms. The smallest absolute Gasteiger partial charge is 0.274 e. The summed E-state index contributed by atoms with van der Waals surface area (Å²) >= 11 is 0. The van der Waals surface area contributed by atoms with Gasteiger partial charge in [-0.15, -0.1) is 0 Å². The summed E-state index contributed by atoms with van der Waals surface area (Å²) in [5, 5.41) is 7.98. The molecule has 1 aliphatic heterocycles. The standard InChI is InChI=1S/C23H18FN5O3/c24-15-7-8-18(17(25)10-15)28-22(31)14-5-3-13(4-6-14)12-27-20(30)11-19-16-2-1-9-26-21(16)23(32)29-19/h1-11H,12,25H2,(H,27,30)(H,28,31)(H,29,32)/b19-11-. The summed E-state index contributed by atoms with van der Waals surface area (Å²) in [7, 11) is 0. The SMILES string of the molecule is Nc1cc(F)ccc1NC(=O)c1ccc(CNC(=O)/C=C2\NC(=O)c3ncccc32)cc1. The second kappa shape index (κ2) is 8.68. The summed E-state index contributed by atoms with van der Waals surface area (Å²) in [5.41, 5.74) is 8.55. The normalized spacial score (nSPS) is 13.4. The van der Waals surface area contributed by atoms with Gasteiger partial charge >= 0.3 is 0 Å². The molecule has 2 heterocycles. The van der Waals surface area contributed by atoms with Crippen LogP contribution in [0, 0.1) is 5.82 Å². The van der Waals surface area contributed by atoms with Crippen LogP contribution < -0.4 is 21.7 Å². The first-order valence-electron chi connectivity index (χ1n) is 9.62. The predicted molar refractivity (Wildman–Crippen MR) is 117 cm³/mol. The highest BCUT2D eigenvalue weighted by atomic mass is 19.1. The summed E-state index contributed by atoms with van der Waals surface area (Å²) < 4.78 is 13.1. The van der Waals surface area contributed by atoms with E-state index in [9.17, 15) is 18.8 Å². The molecule has 4 rings (SSSR count). The number of nitrogens with one attached hydrogen (secondary N) is 3. The average molecular weight is 431 g/mol. The van der Waals surface area contributed by atoms with Gasteiger partial charge < -0.3 is 21.7 Å². The van der Waals surface area contributed by atoms with Gasteiger partial charge in [-0.3, -0.25) is 19.4 Å². The monoisotopic (exact) mass is 431 g/mol. The van der Waals surface area contributed by atoms with Gasteiger partial charge in [0.2, 0.25) is 5.91 Å². The molecule has 3 amide bonds. The van der Waals surface area contributed by atoms with Crippen molar-refractivity contribution >= 4 is 34.8 Å². The van der Waals surface area contributed by atoms with Crippen molar-refractivity contribution in [2.75, 3.05) is 11.1 Å². The minimum atomic E-state index is -0.487. The van der Waals surface area contributed by atoms with Gasteiger partial charge in [0.05, 0.1) is 17.1 Å². The highest BCUT2D eigenvalue weighted by Crippen LogP contribution is 2.22. The number of aromatic nitrogens is 1. The van der Waals surface area contributed by atoms with Crippen molar-refractivity contribution < 1.29 is 18.8 Å². The molecule has 32 heavy (non-hydrogen) atoms. The quantitative estimate of drug-likeness (QED) is 0.365. The van der Waals surface area contributed by atoms with Gasteiger partial charge in [-0.05, 0) is 48.0 Å². The van der Waals surface area contributed by atoms with Gasteiger partial charge in [-0.2, -0.15) is 0 Å². The van der Waals surface area contributed by atoms with Crippen LogP contribution in [0.5, 0.6) is 0 Å². The molecule has 1 aromatic heterocycles. The van der Waals surface area contributed by atoms with Crippen molar-refractivity contribution in [2.24, 2.45) is 0 Å². The van der Waals surface area contributed by atoms with E-state index in [1.165, 1.54) is 24.4 Å². The maximum absolute atomic E-state index is 13.1. The number of benzene rings is 2. The van der Waals surface area contributed by atoms with Crippen LogP contribution in [-0.4, -0.2) is 22.7 Å². The minimum Gasteiger partial charge on any atom is -0.397 e. The molecular formula is C23H18FN5O3. The third kappa shape index (κ3) is 4.46. The van der Waals surface area contributed by atoms with Gasteiger partial charge in [0, 0.05) is 29.9 Å². The highest BCUT2D eigenvalue weighted by molar-refractivity contribution is 6.11. The second-order valence-electron chi connectivity index (χ2n) is 7.01. The van der Waals surface area contributed by atoms with Gasteiger partial charge in [-0.25, -0.2) is 4.39 Å². The van der Waals surface area contributed by atoms with E-state index in [2.05, 4.69) is 20.9 Å². The number of carbonyl (C=O) groups is 3. The highest BCUT2D eigenvalue weighted by Gasteiger charge is 2.25. The number of nitrogen functional groups attached to an aromatic ring is 1. The van der Waals surface area contributed by atoms with Crippen LogP contribution in [0.4, 0.5) is 15.8 Å². The summed E-state index contributed by atoms with van der Waals surface area (Å²) in [4.78, 5) is 40.5. The number of rotatable bonds is 5. The molecule has 0 fully saturated rings. The zero-order chi connectivity index (χ0) is 22.7. The van der Waals surface area contributed by atoms with E-state index in [0.29, 0.717) is 22.5 Å². The summed E-state index contributed by atoms with van der Waals surface area (Å²) in [6, 6.07) is 13.7. The van der Waals surface area contributed by atoms with Crippen molar-refractivity contribution in [3.8, 4) is 0 Å². The largest absolute Gasteiger partial charge is 0.397 e. The molecule has 0 unspecified atom stereocenters. The van der Waals surface area contributed by atoms with Crippen molar-refractivity contribution in [1.29, 1.82) is 0 Å². The van der Waals surface area contributed by atoms with Crippen molar-refractivity contribution in [3.05, 3.63) is 95.1 Å². The first-order valence-corrected chi connectivity index (χ1v) is 9.62. The minimum absolute atomic E-state index is 0.128. The maximum Gasteiger partial charge on any atom is 0.274 e. The Balaban J connectivity index is 1.35. The Morgan fingerprint density at radius 3 is 2.66 bits per heavy atom. The Morgan fingerprint density at radius 1 is 1.12 bits per heavy atom. The molecule has 0 radical (unpaired) electrons. The molecular weight excluding hydrogens is 413 g/mol. The Bertz CT molecular complexity index is 1250. The van der Waals surface area contributed by atoms with Crippen LogP contribution in [0.3, 0.4) is 0 Å². The Kier molecular flexibility index (Phi) is 5.63. The molecule has 0 saturated carbocycles. The van der Waals surface area contributed by atoms with Crippen LogP contribution >= 0.6 is 0 Å². The molecule has 0 bridgehead atoms. The number of pyridine rings is 1. The van der Waals surface area contributed by atoms with Gasteiger partial charge in [-0.1, -0.05) is 12.1 Å². The average Bonchev–Trinajstić information content (AvgIpc) is 3.10. The van der Waals surface area contributed by atoms with Gasteiger partial charge in [0.25, 0.3) is 11.8 Å². The zero-order valence-corrected chi connectivity index (χ0v) is 16.7. The van der Waals surface area contributed by atoms with Crippen molar-refractivity contribution in [2.45, 2.75) is 6.54 Å². The maximum atomic E-state index is 13.1. The lowest BCUT2D eigenvalue weighted by Gasteiger charge is -2.09. The van der Waals surface area contributed by atoms with Gasteiger partial charge in [0.15, 0.2) is 0 Å². The van der Waals surface area contributed by atoms with E-state index in [-0.39, 0.29) is 29.7 Å². The third-order valence-corrected chi connectivity index (χ3v) is 4.78. The molecule has 160 valence electrons. The summed E-state index contributed by atoms with van der Waals surface area (Å²) in [6.45, 7) is 0.225. The first kappa shape index (κ1) is 20.7. The topological polar surface area (TPSA) is 126 Å². The molecule has 3 aromatic rings. The van der Waals surface area contributed by atoms with Crippen molar-refractivity contribution in [1.82, 2.24) is 15.6 Å². The lowest BCUT2D eigenvalue weighted by Crippen LogP contribution is -2.22. The first-order chi connectivity index (χ1) is 15.4. The lowest BCUT2D eigenvalue weighted by molar-refractivity contribution is -0.116. The number of anilines is 2. The molecule has 8 nitrogen and oxygen atoms in total. The van der Waals surface area contributed by atoms with E-state index in [0.717, 1.165) is 11.6 Å². The number of carbonyl (C=O) groups excluding carboxylic acids is 3. The predicted octanol–water partition coefficient (Wildman–Crippen LogP) is 2.46. The molecule has 0 saturated heterocycles. The molecule has 0 aliphatic carbocycles. The Hall–Kier alpha value is -4.53. The van der Waals surface area contributed by atoms with E-state index in [4.69, 9.17) is 5.73 Å². The van der Waals surface area contributed by atoms with Crippen molar-refractivity contribution in [3.63, 3.8) is 0 Å². The fourth-order valence-corrected chi connectivity index (χ4v) is 3.15. The Labute approximate surface area is 182 Å². The molecule has 2 aromatic carbocycles. The molecule has 0 atom stereocenters. The van der Waals surface area contributed by atoms with E-state index in [1.807, 2.05) is 0 Å². The van der Waals surface area contributed by atoms with Crippen LogP contribution in [0.1, 0.15) is 32.0 Å². The second-order valence-corrected chi connectivity index (χ2v) is 7.01. The van der Waals surface area contributed by atoms with E-state index >= 15 is 0 Å². The number of amides is 3. The van der Waals surface area contributed by atoms with Crippen LogP contribution in [-0.2, 0) is 11.3 Å². The van der Waals surface area contributed by atoms with Crippen LogP contribution in [0.15, 0.2) is 66.9 Å². The van der Waals surface area contributed by atoms with Gasteiger partial charge in [0.1, 0.15) is 11.5 Å². The van der Waals surface area contributed by atoms with E-state index < -0.39 is 11.7 Å². The number of hydrogen-bond acceptors (Lipinski definition) is 5. The molecule has 0 spiro atoms. The van der Waals surface area contributed by atoms with E-state index in [1.54, 1.807) is 36.4 Å². The van der Waals surface area contributed by atoms with Crippen LogP contribution in [0.25, 0.3) is 5.70 Å². The lowest BCUT2D eigenvalue weighted by atomic mass is 10.1. The fraction of sp³-hybridized carbons (Fsp3) is 0.0435.